The molecule has 5 rings (SSSR count). The Balaban J connectivity index is 1.20. The Morgan fingerprint density at radius 1 is 1.03 bits per heavy atom. The first-order valence-corrected chi connectivity index (χ1v) is 10.4. The largest absolute Gasteiger partial charge is 0.441 e. The third-order valence-corrected chi connectivity index (χ3v) is 5.70. The Morgan fingerprint density at radius 3 is 2.53 bits per heavy atom. The molecule has 2 fully saturated rings. The molecule has 3 aromatic rings. The third kappa shape index (κ3) is 4.00. The van der Waals surface area contributed by atoms with Gasteiger partial charge in [0.25, 0.3) is 0 Å². The van der Waals surface area contributed by atoms with Gasteiger partial charge in [-0.15, -0.1) is 5.10 Å². The monoisotopic (exact) mass is 434 g/mol. The minimum absolute atomic E-state index is 0.0375. The number of ketones is 1. The number of carbonyl (C=O) groups is 2. The number of hydrogen-bond donors (Lipinski definition) is 1. The Labute approximate surface area is 184 Å². The van der Waals surface area contributed by atoms with Crippen LogP contribution in [0.5, 0.6) is 0 Å². The van der Waals surface area contributed by atoms with Crippen LogP contribution < -0.4 is 5.32 Å². The van der Waals surface area contributed by atoms with Gasteiger partial charge in [-0.2, -0.15) is 0 Å². The molecule has 32 heavy (non-hydrogen) atoms. The van der Waals surface area contributed by atoms with Gasteiger partial charge < -0.3 is 14.2 Å². The molecule has 1 N–H and O–H groups in total. The summed E-state index contributed by atoms with van der Waals surface area (Å²) in [6.07, 6.45) is 0.0801. The maximum Gasteiger partial charge on any atom is 0.412 e. The van der Waals surface area contributed by atoms with E-state index in [1.165, 1.54) is 6.92 Å². The lowest BCUT2D eigenvalue weighted by Gasteiger charge is -2.17. The Bertz CT molecular complexity index is 1110. The van der Waals surface area contributed by atoms with Gasteiger partial charge in [-0.3, -0.25) is 10.1 Å². The number of fused-ring (bicyclic) bond motifs is 1. The van der Waals surface area contributed by atoms with Gasteiger partial charge in [0.05, 0.1) is 19.4 Å². The fourth-order valence-electron chi connectivity index (χ4n) is 4.02. The molecule has 2 saturated heterocycles. The first kappa shape index (κ1) is 20.3. The zero-order valence-electron chi connectivity index (χ0n) is 17.4. The maximum absolute atomic E-state index is 12.3. The lowest BCUT2D eigenvalue weighted by molar-refractivity contribution is 0.00770. The van der Waals surface area contributed by atoms with E-state index < -0.39 is 12.2 Å². The SMILES string of the molecule is CC(=O)c1ccc(NC(=O)OC2COC3C2OCC3n2cc(-c3ccccc3)nn2)cc1. The van der Waals surface area contributed by atoms with Gasteiger partial charge in [0.15, 0.2) is 11.9 Å². The quantitative estimate of drug-likeness (QED) is 0.615. The molecule has 164 valence electrons. The summed E-state index contributed by atoms with van der Waals surface area (Å²) in [6, 6.07) is 16.3. The van der Waals surface area contributed by atoms with E-state index in [2.05, 4.69) is 15.6 Å². The molecule has 1 amide bonds. The zero-order valence-corrected chi connectivity index (χ0v) is 17.4. The number of Topliss-reactive ketones (excluding diaryl/α,β-unsaturated/α-hetero) is 1. The van der Waals surface area contributed by atoms with Crippen LogP contribution in [0.15, 0.2) is 60.8 Å². The number of ether oxygens (including phenoxy) is 3. The lowest BCUT2D eigenvalue weighted by Crippen LogP contribution is -2.34. The van der Waals surface area contributed by atoms with Crippen molar-refractivity contribution in [1.29, 1.82) is 0 Å². The first-order valence-electron chi connectivity index (χ1n) is 10.4. The van der Waals surface area contributed by atoms with Crippen LogP contribution in [0.3, 0.4) is 0 Å². The van der Waals surface area contributed by atoms with Crippen molar-refractivity contribution in [2.45, 2.75) is 31.3 Å². The molecular formula is C23H22N4O5. The number of rotatable bonds is 5. The Hall–Kier alpha value is -3.56. The molecule has 0 bridgehead atoms. The number of amides is 1. The van der Waals surface area contributed by atoms with Crippen LogP contribution >= 0.6 is 0 Å². The summed E-state index contributed by atoms with van der Waals surface area (Å²) >= 11 is 0. The van der Waals surface area contributed by atoms with E-state index in [1.54, 1.807) is 28.9 Å². The molecule has 2 aromatic carbocycles. The van der Waals surface area contributed by atoms with Gasteiger partial charge in [-0.25, -0.2) is 9.48 Å². The van der Waals surface area contributed by atoms with Gasteiger partial charge in [-0.1, -0.05) is 35.5 Å². The van der Waals surface area contributed by atoms with Crippen LogP contribution in [0.1, 0.15) is 23.3 Å². The van der Waals surface area contributed by atoms with Crippen LogP contribution in [0, 0.1) is 0 Å². The number of carbonyl (C=O) groups excluding carboxylic acids is 2. The smallest absolute Gasteiger partial charge is 0.412 e. The molecule has 9 heteroatoms. The fourth-order valence-corrected chi connectivity index (χ4v) is 4.02. The maximum atomic E-state index is 12.3. The molecule has 4 unspecified atom stereocenters. The van der Waals surface area contributed by atoms with E-state index in [4.69, 9.17) is 14.2 Å². The van der Waals surface area contributed by atoms with E-state index in [9.17, 15) is 9.59 Å². The predicted octanol–water partition coefficient (Wildman–Crippen LogP) is 3.10. The topological polar surface area (TPSA) is 105 Å². The normalized spacial score (nSPS) is 24.2. The highest BCUT2D eigenvalue weighted by Crippen LogP contribution is 2.35. The van der Waals surface area contributed by atoms with Crippen molar-refractivity contribution in [2.75, 3.05) is 18.5 Å². The molecule has 2 aliphatic rings. The molecule has 2 aliphatic heterocycles. The second kappa shape index (κ2) is 8.52. The summed E-state index contributed by atoms with van der Waals surface area (Å²) in [5.41, 5.74) is 2.87. The Morgan fingerprint density at radius 2 is 1.78 bits per heavy atom. The molecule has 3 heterocycles. The van der Waals surface area contributed by atoms with E-state index in [1.807, 2.05) is 36.5 Å². The van der Waals surface area contributed by atoms with Crippen molar-refractivity contribution in [2.24, 2.45) is 0 Å². The van der Waals surface area contributed by atoms with Crippen LogP contribution in [0.2, 0.25) is 0 Å². The van der Waals surface area contributed by atoms with Crippen molar-refractivity contribution in [3.8, 4) is 11.3 Å². The highest BCUT2D eigenvalue weighted by Gasteiger charge is 2.50. The molecule has 0 aliphatic carbocycles. The molecule has 1 aromatic heterocycles. The van der Waals surface area contributed by atoms with Crippen molar-refractivity contribution in [1.82, 2.24) is 15.0 Å². The van der Waals surface area contributed by atoms with Crippen LogP contribution in [0.4, 0.5) is 10.5 Å². The van der Waals surface area contributed by atoms with Crippen LogP contribution in [0.25, 0.3) is 11.3 Å². The zero-order chi connectivity index (χ0) is 22.1. The second-order valence-electron chi connectivity index (χ2n) is 7.82. The van der Waals surface area contributed by atoms with Gasteiger partial charge in [-0.05, 0) is 31.2 Å². The van der Waals surface area contributed by atoms with Crippen molar-refractivity contribution in [3.63, 3.8) is 0 Å². The molecule has 0 spiro atoms. The highest BCUT2D eigenvalue weighted by molar-refractivity contribution is 5.95. The molecule has 0 radical (unpaired) electrons. The second-order valence-corrected chi connectivity index (χ2v) is 7.82. The average Bonchev–Trinajstić information content (AvgIpc) is 3.52. The number of hydrogen-bond acceptors (Lipinski definition) is 7. The molecule has 4 atom stereocenters. The van der Waals surface area contributed by atoms with E-state index >= 15 is 0 Å². The van der Waals surface area contributed by atoms with Crippen LogP contribution in [-0.4, -0.2) is 58.4 Å². The molecule has 0 saturated carbocycles. The van der Waals surface area contributed by atoms with Crippen molar-refractivity contribution in [3.05, 3.63) is 66.4 Å². The summed E-state index contributed by atoms with van der Waals surface area (Å²) in [6.45, 7) is 2.12. The first-order chi connectivity index (χ1) is 15.6. The molecular weight excluding hydrogens is 412 g/mol. The lowest BCUT2D eigenvalue weighted by atomic mass is 10.1. The van der Waals surface area contributed by atoms with E-state index in [-0.39, 0.29) is 30.6 Å². The van der Waals surface area contributed by atoms with E-state index in [0.717, 1.165) is 11.3 Å². The predicted molar refractivity (Wildman–Crippen MR) is 114 cm³/mol. The van der Waals surface area contributed by atoms with Crippen molar-refractivity contribution >= 4 is 17.6 Å². The molecule has 9 nitrogen and oxygen atoms in total. The number of anilines is 1. The van der Waals surface area contributed by atoms with E-state index in [0.29, 0.717) is 17.9 Å². The summed E-state index contributed by atoms with van der Waals surface area (Å²) < 4.78 is 19.1. The number of aromatic nitrogens is 3. The van der Waals surface area contributed by atoms with Gasteiger partial charge in [0.1, 0.15) is 23.9 Å². The summed E-state index contributed by atoms with van der Waals surface area (Å²) in [7, 11) is 0. The number of nitrogens with one attached hydrogen (secondary N) is 1. The van der Waals surface area contributed by atoms with Crippen LogP contribution in [-0.2, 0) is 14.2 Å². The van der Waals surface area contributed by atoms with Crippen molar-refractivity contribution < 1.29 is 23.8 Å². The Kier molecular flexibility index (Phi) is 5.42. The number of benzene rings is 2. The standard InChI is InChI=1S/C23H22N4O5/c1-14(28)15-7-9-17(10-8-15)24-23(29)32-20-13-31-21-19(12-30-22(20)21)27-11-18(25-26-27)16-5-3-2-4-6-16/h2-11,19-22H,12-13H2,1H3,(H,24,29). The minimum Gasteiger partial charge on any atom is -0.441 e. The number of nitrogens with zero attached hydrogens (tertiary/aromatic N) is 3. The summed E-state index contributed by atoms with van der Waals surface area (Å²) in [5.74, 6) is -0.0375. The minimum atomic E-state index is -0.603. The van der Waals surface area contributed by atoms with Gasteiger partial charge in [0.2, 0.25) is 0 Å². The summed E-state index contributed by atoms with van der Waals surface area (Å²) in [5, 5.41) is 11.2. The summed E-state index contributed by atoms with van der Waals surface area (Å²) in [4.78, 5) is 23.7. The fraction of sp³-hybridized carbons (Fsp3) is 0.304. The average molecular weight is 434 g/mol. The third-order valence-electron chi connectivity index (χ3n) is 5.70. The van der Waals surface area contributed by atoms with Gasteiger partial charge >= 0.3 is 6.09 Å². The highest BCUT2D eigenvalue weighted by atomic mass is 16.6. The van der Waals surface area contributed by atoms with Gasteiger partial charge in [0, 0.05) is 16.8 Å².